The lowest BCUT2D eigenvalue weighted by atomic mass is 9.98. The first-order chi connectivity index (χ1) is 14.0. The van der Waals surface area contributed by atoms with Crippen molar-refractivity contribution in [3.63, 3.8) is 0 Å². The van der Waals surface area contributed by atoms with Crippen LogP contribution in [0.1, 0.15) is 24.8 Å². The summed E-state index contributed by atoms with van der Waals surface area (Å²) >= 11 is 0. The zero-order valence-corrected chi connectivity index (χ0v) is 20.7. The van der Waals surface area contributed by atoms with Gasteiger partial charge >= 0.3 is 0 Å². The zero-order valence-electron chi connectivity index (χ0n) is 17.6. The van der Waals surface area contributed by atoms with E-state index in [-0.39, 0.29) is 35.4 Å². The molecule has 0 fully saturated rings. The third kappa shape index (κ3) is 8.49. The molecule has 0 heterocycles. The number of hydrogen-bond acceptors (Lipinski definition) is 4. The summed E-state index contributed by atoms with van der Waals surface area (Å²) in [4.78, 5) is 4.43. The van der Waals surface area contributed by atoms with Gasteiger partial charge in [-0.15, -0.1) is 24.0 Å². The molecule has 0 saturated heterocycles. The standard InChI is InChI=1S/C21H30N4O3S.HI/c1-17(18-9-11-19(28-3)12-10-18)13-14-23-21(22-2)24-15-16-25-29(26,27)20-7-5-4-6-8-20;/h4-12,17,25H,13-16H2,1-3H3,(H2,22,23,24);1H. The van der Waals surface area contributed by atoms with Crippen LogP contribution in [-0.4, -0.2) is 48.2 Å². The Bertz CT molecular complexity index is 875. The molecule has 3 N–H and O–H groups in total. The smallest absolute Gasteiger partial charge is 0.240 e. The maximum Gasteiger partial charge on any atom is 0.240 e. The molecule has 0 radical (unpaired) electrons. The molecule has 0 aromatic heterocycles. The Balaban J connectivity index is 0.00000450. The molecule has 0 aliphatic heterocycles. The summed E-state index contributed by atoms with van der Waals surface area (Å²) in [5.74, 6) is 1.89. The number of rotatable bonds is 10. The van der Waals surface area contributed by atoms with Crippen LogP contribution >= 0.6 is 24.0 Å². The highest BCUT2D eigenvalue weighted by Crippen LogP contribution is 2.21. The minimum atomic E-state index is -3.49. The summed E-state index contributed by atoms with van der Waals surface area (Å²) in [5.41, 5.74) is 1.26. The van der Waals surface area contributed by atoms with Gasteiger partial charge in [0.15, 0.2) is 5.96 Å². The number of halogens is 1. The molecule has 0 amide bonds. The Morgan fingerprint density at radius 1 is 1.00 bits per heavy atom. The van der Waals surface area contributed by atoms with Gasteiger partial charge < -0.3 is 15.4 Å². The molecular weight excluding hydrogens is 515 g/mol. The van der Waals surface area contributed by atoms with Crippen LogP contribution in [0.25, 0.3) is 0 Å². The number of hydrogen-bond donors (Lipinski definition) is 3. The van der Waals surface area contributed by atoms with Crippen molar-refractivity contribution in [1.82, 2.24) is 15.4 Å². The highest BCUT2D eigenvalue weighted by atomic mass is 127. The lowest BCUT2D eigenvalue weighted by Crippen LogP contribution is -2.42. The second-order valence-electron chi connectivity index (χ2n) is 6.60. The number of nitrogens with zero attached hydrogens (tertiary/aromatic N) is 1. The Hall–Kier alpha value is -1.85. The molecule has 2 aromatic carbocycles. The van der Waals surface area contributed by atoms with Crippen molar-refractivity contribution in [2.75, 3.05) is 33.8 Å². The average molecular weight is 546 g/mol. The van der Waals surface area contributed by atoms with E-state index in [4.69, 9.17) is 4.74 Å². The molecule has 1 atom stereocenters. The molecule has 1 unspecified atom stereocenters. The highest BCUT2D eigenvalue weighted by Gasteiger charge is 2.12. The van der Waals surface area contributed by atoms with Crippen LogP contribution in [0.4, 0.5) is 0 Å². The minimum Gasteiger partial charge on any atom is -0.497 e. The number of benzene rings is 2. The molecule has 0 aliphatic rings. The summed E-state index contributed by atoms with van der Waals surface area (Å²) in [5, 5.41) is 6.38. The van der Waals surface area contributed by atoms with Crippen molar-refractivity contribution in [3.05, 3.63) is 60.2 Å². The summed E-state index contributed by atoms with van der Waals surface area (Å²) in [7, 11) is -0.137. The normalized spacial score (nSPS) is 12.6. The Morgan fingerprint density at radius 3 is 2.23 bits per heavy atom. The molecular formula is C21H31IN4O3S. The van der Waals surface area contributed by atoms with Gasteiger partial charge in [-0.3, -0.25) is 4.99 Å². The fraction of sp³-hybridized carbons (Fsp3) is 0.381. The van der Waals surface area contributed by atoms with Gasteiger partial charge in [0.2, 0.25) is 10.0 Å². The maximum atomic E-state index is 12.2. The fourth-order valence-corrected chi connectivity index (χ4v) is 3.83. The second-order valence-corrected chi connectivity index (χ2v) is 8.37. The molecule has 30 heavy (non-hydrogen) atoms. The van der Waals surface area contributed by atoms with Crippen LogP contribution in [0.3, 0.4) is 0 Å². The van der Waals surface area contributed by atoms with E-state index >= 15 is 0 Å². The van der Waals surface area contributed by atoms with E-state index in [0.717, 1.165) is 18.7 Å². The summed E-state index contributed by atoms with van der Waals surface area (Å²) < 4.78 is 32.1. The topological polar surface area (TPSA) is 91.8 Å². The van der Waals surface area contributed by atoms with Crippen LogP contribution in [-0.2, 0) is 10.0 Å². The highest BCUT2D eigenvalue weighted by molar-refractivity contribution is 14.0. The average Bonchev–Trinajstić information content (AvgIpc) is 2.76. The lowest BCUT2D eigenvalue weighted by Gasteiger charge is -2.15. The first-order valence-electron chi connectivity index (χ1n) is 9.59. The SMILES string of the molecule is CN=C(NCCNS(=O)(=O)c1ccccc1)NCCC(C)c1ccc(OC)cc1.I. The largest absolute Gasteiger partial charge is 0.497 e. The first-order valence-corrected chi connectivity index (χ1v) is 11.1. The van der Waals surface area contributed by atoms with E-state index in [1.165, 1.54) is 5.56 Å². The van der Waals surface area contributed by atoms with Crippen molar-refractivity contribution in [2.24, 2.45) is 4.99 Å². The van der Waals surface area contributed by atoms with E-state index in [1.54, 1.807) is 44.5 Å². The number of aliphatic imine (C=N–C) groups is 1. The molecule has 0 aliphatic carbocycles. The lowest BCUT2D eigenvalue weighted by molar-refractivity contribution is 0.414. The molecule has 2 aromatic rings. The van der Waals surface area contributed by atoms with E-state index in [0.29, 0.717) is 18.4 Å². The van der Waals surface area contributed by atoms with Crippen LogP contribution in [0, 0.1) is 0 Å². The predicted molar refractivity (Wildman–Crippen MR) is 132 cm³/mol. The van der Waals surface area contributed by atoms with Gasteiger partial charge in [0.05, 0.1) is 12.0 Å². The third-order valence-corrected chi connectivity index (χ3v) is 6.02. The third-order valence-electron chi connectivity index (χ3n) is 4.54. The van der Waals surface area contributed by atoms with Crippen LogP contribution < -0.4 is 20.1 Å². The number of guanidine groups is 1. The zero-order chi connectivity index (χ0) is 21.1. The van der Waals surface area contributed by atoms with Crippen LogP contribution in [0.2, 0.25) is 0 Å². The predicted octanol–water partition coefficient (Wildman–Crippen LogP) is 2.95. The van der Waals surface area contributed by atoms with Crippen molar-refractivity contribution < 1.29 is 13.2 Å². The van der Waals surface area contributed by atoms with E-state index in [1.807, 2.05) is 12.1 Å². The number of sulfonamides is 1. The second kappa shape index (κ2) is 13.5. The monoisotopic (exact) mass is 546 g/mol. The number of methoxy groups -OCH3 is 1. The van der Waals surface area contributed by atoms with Crippen LogP contribution in [0.15, 0.2) is 64.5 Å². The van der Waals surface area contributed by atoms with Gasteiger partial charge in [-0.25, -0.2) is 13.1 Å². The molecule has 9 heteroatoms. The van der Waals surface area contributed by atoms with Gasteiger partial charge in [0, 0.05) is 26.7 Å². The number of ether oxygens (including phenoxy) is 1. The quantitative estimate of drug-likeness (QED) is 0.185. The molecule has 0 spiro atoms. The van der Waals surface area contributed by atoms with Gasteiger partial charge in [-0.1, -0.05) is 37.3 Å². The van der Waals surface area contributed by atoms with Crippen molar-refractivity contribution in [3.8, 4) is 5.75 Å². The molecule has 0 saturated carbocycles. The molecule has 166 valence electrons. The summed E-state index contributed by atoms with van der Waals surface area (Å²) in [6.45, 7) is 3.63. The van der Waals surface area contributed by atoms with Gasteiger partial charge in [0.25, 0.3) is 0 Å². The van der Waals surface area contributed by atoms with Crippen molar-refractivity contribution >= 4 is 40.0 Å². The maximum absolute atomic E-state index is 12.2. The fourth-order valence-electron chi connectivity index (χ4n) is 2.78. The molecule has 2 rings (SSSR count). The Labute approximate surface area is 196 Å². The van der Waals surface area contributed by atoms with Crippen molar-refractivity contribution in [2.45, 2.75) is 24.2 Å². The van der Waals surface area contributed by atoms with E-state index < -0.39 is 10.0 Å². The molecule has 7 nitrogen and oxygen atoms in total. The summed E-state index contributed by atoms with van der Waals surface area (Å²) in [6, 6.07) is 16.4. The Morgan fingerprint density at radius 2 is 1.63 bits per heavy atom. The summed E-state index contributed by atoms with van der Waals surface area (Å²) in [6.07, 6.45) is 0.938. The van der Waals surface area contributed by atoms with E-state index in [2.05, 4.69) is 39.4 Å². The Kier molecular flexibility index (Phi) is 11.7. The van der Waals surface area contributed by atoms with E-state index in [9.17, 15) is 8.42 Å². The first kappa shape index (κ1) is 26.2. The minimum absolute atomic E-state index is 0. The molecule has 0 bridgehead atoms. The van der Waals surface area contributed by atoms with Gasteiger partial charge in [0.1, 0.15) is 5.75 Å². The van der Waals surface area contributed by atoms with Gasteiger partial charge in [-0.2, -0.15) is 0 Å². The van der Waals surface area contributed by atoms with Gasteiger partial charge in [-0.05, 0) is 42.2 Å². The van der Waals surface area contributed by atoms with Crippen molar-refractivity contribution in [1.29, 1.82) is 0 Å². The number of nitrogens with one attached hydrogen (secondary N) is 3. The van der Waals surface area contributed by atoms with Crippen LogP contribution in [0.5, 0.6) is 5.75 Å².